The molecule has 200 valence electrons. The third kappa shape index (κ3) is 6.08. The SMILES string of the molecule is CCOC(=O)C(OCc1ccc(OC)cc1)c1c(C)cc2c(OC)cccc2c1OS(=O)(=O)C(F)(F)F. The molecular formula is C25H25F3O8S. The first-order valence-electron chi connectivity index (χ1n) is 11.0. The maximum Gasteiger partial charge on any atom is 0.534 e. The second kappa shape index (κ2) is 11.3. The summed E-state index contributed by atoms with van der Waals surface area (Å²) in [6.07, 6.45) is -1.61. The second-order valence-electron chi connectivity index (χ2n) is 7.77. The number of fused-ring (bicyclic) bond motifs is 1. The quantitative estimate of drug-likeness (QED) is 0.196. The van der Waals surface area contributed by atoms with Crippen LogP contribution in [0.5, 0.6) is 17.2 Å². The van der Waals surface area contributed by atoms with Crippen LogP contribution >= 0.6 is 0 Å². The summed E-state index contributed by atoms with van der Waals surface area (Å²) in [7, 11) is -3.26. The van der Waals surface area contributed by atoms with Gasteiger partial charge in [0.1, 0.15) is 11.5 Å². The second-order valence-corrected chi connectivity index (χ2v) is 9.30. The van der Waals surface area contributed by atoms with Gasteiger partial charge in [0, 0.05) is 16.3 Å². The summed E-state index contributed by atoms with van der Waals surface area (Å²) in [4.78, 5) is 13.0. The largest absolute Gasteiger partial charge is 0.534 e. The van der Waals surface area contributed by atoms with Crippen molar-refractivity contribution < 1.29 is 49.5 Å². The number of ether oxygens (including phenoxy) is 4. The van der Waals surface area contributed by atoms with E-state index >= 15 is 0 Å². The fourth-order valence-corrected chi connectivity index (χ4v) is 4.14. The maximum absolute atomic E-state index is 13.3. The lowest BCUT2D eigenvalue weighted by Crippen LogP contribution is -2.29. The number of hydrogen-bond donors (Lipinski definition) is 0. The molecule has 8 nitrogen and oxygen atoms in total. The van der Waals surface area contributed by atoms with Crippen LogP contribution in [0, 0.1) is 6.92 Å². The molecule has 3 aromatic carbocycles. The van der Waals surface area contributed by atoms with Crippen molar-refractivity contribution in [3.8, 4) is 17.2 Å². The van der Waals surface area contributed by atoms with Gasteiger partial charge >= 0.3 is 21.6 Å². The number of carbonyl (C=O) groups excluding carboxylic acids is 1. The lowest BCUT2D eigenvalue weighted by atomic mass is 9.95. The Hall–Kier alpha value is -3.51. The summed E-state index contributed by atoms with van der Waals surface area (Å²) in [5, 5.41) is 0.242. The Morgan fingerprint density at radius 3 is 2.24 bits per heavy atom. The summed E-state index contributed by atoms with van der Waals surface area (Å²) in [5.74, 6) is -0.805. The van der Waals surface area contributed by atoms with Crippen LogP contribution < -0.4 is 13.7 Å². The van der Waals surface area contributed by atoms with Crippen molar-refractivity contribution in [2.75, 3.05) is 20.8 Å². The maximum atomic E-state index is 13.3. The van der Waals surface area contributed by atoms with E-state index < -0.39 is 33.4 Å². The number of benzene rings is 3. The highest BCUT2D eigenvalue weighted by atomic mass is 32.2. The molecule has 0 saturated carbocycles. The van der Waals surface area contributed by atoms with E-state index in [4.69, 9.17) is 18.9 Å². The first-order chi connectivity index (χ1) is 17.4. The number of alkyl halides is 3. The van der Waals surface area contributed by atoms with Crippen molar-refractivity contribution >= 4 is 26.9 Å². The predicted molar refractivity (Wildman–Crippen MR) is 128 cm³/mol. The van der Waals surface area contributed by atoms with Gasteiger partial charge in [0.05, 0.1) is 27.4 Å². The van der Waals surface area contributed by atoms with Crippen molar-refractivity contribution in [2.24, 2.45) is 0 Å². The number of hydrogen-bond acceptors (Lipinski definition) is 8. The molecule has 0 bridgehead atoms. The molecule has 3 aromatic rings. The van der Waals surface area contributed by atoms with Gasteiger partial charge in [0.2, 0.25) is 0 Å². The van der Waals surface area contributed by atoms with E-state index in [-0.39, 0.29) is 40.9 Å². The van der Waals surface area contributed by atoms with Gasteiger partial charge in [-0.25, -0.2) is 4.79 Å². The molecule has 0 amide bonds. The first-order valence-corrected chi connectivity index (χ1v) is 12.4. The third-order valence-corrected chi connectivity index (χ3v) is 6.33. The Morgan fingerprint density at radius 1 is 1.00 bits per heavy atom. The molecule has 1 atom stereocenters. The van der Waals surface area contributed by atoms with Crippen LogP contribution in [0.2, 0.25) is 0 Å². The van der Waals surface area contributed by atoms with E-state index in [1.54, 1.807) is 43.3 Å². The van der Waals surface area contributed by atoms with Gasteiger partial charge in [-0.3, -0.25) is 0 Å². The van der Waals surface area contributed by atoms with Crippen LogP contribution in [0.4, 0.5) is 13.2 Å². The highest BCUT2D eigenvalue weighted by molar-refractivity contribution is 7.88. The Bertz CT molecular complexity index is 1370. The molecule has 0 fully saturated rings. The minimum Gasteiger partial charge on any atom is -0.497 e. The Kier molecular flexibility index (Phi) is 8.54. The van der Waals surface area contributed by atoms with Gasteiger partial charge in [0.15, 0.2) is 11.9 Å². The fourth-order valence-electron chi connectivity index (χ4n) is 3.65. The summed E-state index contributed by atoms with van der Waals surface area (Å²) in [6.45, 7) is 2.81. The van der Waals surface area contributed by atoms with Crippen LogP contribution in [0.3, 0.4) is 0 Å². The molecule has 0 saturated heterocycles. The number of methoxy groups -OCH3 is 2. The van der Waals surface area contributed by atoms with Crippen molar-refractivity contribution in [3.05, 3.63) is 65.2 Å². The average Bonchev–Trinajstić information content (AvgIpc) is 2.84. The molecule has 0 heterocycles. The summed E-state index contributed by atoms with van der Waals surface area (Å²) in [6, 6.07) is 12.6. The molecule has 0 aliphatic carbocycles. The molecule has 37 heavy (non-hydrogen) atoms. The van der Waals surface area contributed by atoms with Crippen LogP contribution in [-0.4, -0.2) is 40.7 Å². The van der Waals surface area contributed by atoms with E-state index in [1.165, 1.54) is 33.3 Å². The fraction of sp³-hybridized carbons (Fsp3) is 0.320. The van der Waals surface area contributed by atoms with E-state index in [0.717, 1.165) is 0 Å². The van der Waals surface area contributed by atoms with Crippen molar-refractivity contribution in [1.29, 1.82) is 0 Å². The topological polar surface area (TPSA) is 97.4 Å². The number of esters is 1. The zero-order valence-electron chi connectivity index (χ0n) is 20.4. The van der Waals surface area contributed by atoms with Crippen molar-refractivity contribution in [2.45, 2.75) is 32.1 Å². The monoisotopic (exact) mass is 542 g/mol. The van der Waals surface area contributed by atoms with Crippen LogP contribution in [0.25, 0.3) is 10.8 Å². The van der Waals surface area contributed by atoms with E-state index in [1.807, 2.05) is 0 Å². The molecule has 3 rings (SSSR count). The van der Waals surface area contributed by atoms with Crippen LogP contribution in [0.15, 0.2) is 48.5 Å². The lowest BCUT2D eigenvalue weighted by Gasteiger charge is -2.24. The molecule has 0 N–H and O–H groups in total. The predicted octanol–water partition coefficient (Wildman–Crippen LogP) is 5.21. The Morgan fingerprint density at radius 2 is 1.68 bits per heavy atom. The van der Waals surface area contributed by atoms with Gasteiger partial charge < -0.3 is 23.1 Å². The third-order valence-electron chi connectivity index (χ3n) is 5.38. The zero-order valence-corrected chi connectivity index (χ0v) is 21.2. The van der Waals surface area contributed by atoms with E-state index in [2.05, 4.69) is 4.18 Å². The minimum absolute atomic E-state index is 0.0323. The molecule has 0 spiro atoms. The average molecular weight is 543 g/mol. The van der Waals surface area contributed by atoms with E-state index in [9.17, 15) is 26.4 Å². The number of rotatable bonds is 10. The normalized spacial score (nSPS) is 12.7. The van der Waals surface area contributed by atoms with E-state index in [0.29, 0.717) is 11.3 Å². The summed E-state index contributed by atoms with van der Waals surface area (Å²) < 4.78 is 90.2. The molecular weight excluding hydrogens is 517 g/mol. The molecule has 0 aliphatic rings. The smallest absolute Gasteiger partial charge is 0.497 e. The number of carbonyl (C=O) groups is 1. The van der Waals surface area contributed by atoms with Crippen molar-refractivity contribution in [3.63, 3.8) is 0 Å². The van der Waals surface area contributed by atoms with Gasteiger partial charge in [-0.05, 0) is 49.2 Å². The van der Waals surface area contributed by atoms with Gasteiger partial charge in [-0.15, -0.1) is 0 Å². The zero-order chi connectivity index (χ0) is 27.4. The number of aryl methyl sites for hydroxylation is 1. The highest BCUT2D eigenvalue weighted by Gasteiger charge is 2.49. The lowest BCUT2D eigenvalue weighted by molar-refractivity contribution is -0.158. The highest BCUT2D eigenvalue weighted by Crippen LogP contribution is 2.43. The van der Waals surface area contributed by atoms with Gasteiger partial charge in [0.25, 0.3) is 0 Å². The number of halogens is 3. The molecule has 0 aromatic heterocycles. The molecule has 1 unspecified atom stereocenters. The Labute approximate surface area is 212 Å². The standard InChI is InChI=1S/C25H25F3O8S/c1-5-34-24(29)23(35-14-16-9-11-17(32-3)12-10-16)21-15(2)13-19-18(7-6-8-20(19)33-4)22(21)36-37(30,31)25(26,27)28/h6-13,23H,5,14H2,1-4H3. The van der Waals surface area contributed by atoms with Crippen LogP contribution in [0.1, 0.15) is 29.7 Å². The van der Waals surface area contributed by atoms with Gasteiger partial charge in [-0.1, -0.05) is 24.3 Å². The molecule has 12 heteroatoms. The van der Waals surface area contributed by atoms with Gasteiger partial charge in [-0.2, -0.15) is 21.6 Å². The molecule has 0 radical (unpaired) electrons. The Balaban J connectivity index is 2.22. The minimum atomic E-state index is -6.11. The molecule has 0 aliphatic heterocycles. The summed E-state index contributed by atoms with van der Waals surface area (Å²) >= 11 is 0. The van der Waals surface area contributed by atoms with Crippen LogP contribution in [-0.2, 0) is 31.0 Å². The first kappa shape index (κ1) is 28.1. The summed E-state index contributed by atoms with van der Waals surface area (Å²) in [5.41, 5.74) is -5.11. The van der Waals surface area contributed by atoms with Crippen molar-refractivity contribution in [1.82, 2.24) is 0 Å².